The average Bonchev–Trinajstić information content (AvgIpc) is 3.28. The van der Waals surface area contributed by atoms with Gasteiger partial charge in [0, 0.05) is 25.8 Å². The van der Waals surface area contributed by atoms with Crippen molar-refractivity contribution in [1.29, 1.82) is 0 Å². The topological polar surface area (TPSA) is 93.1 Å². The maximum Gasteiger partial charge on any atom is 0.232 e. The zero-order valence-corrected chi connectivity index (χ0v) is 16.6. The molecule has 0 spiro atoms. The Hall–Kier alpha value is -2.65. The number of ether oxygens (including phenoxy) is 2. The van der Waals surface area contributed by atoms with E-state index in [9.17, 15) is 0 Å². The van der Waals surface area contributed by atoms with Crippen LogP contribution in [0.1, 0.15) is 19.5 Å². The normalized spacial score (nSPS) is 17.9. The van der Waals surface area contributed by atoms with Gasteiger partial charge in [-0.15, -0.1) is 0 Å². The second kappa shape index (κ2) is 8.15. The molecular formula is C19H27N7O2. The van der Waals surface area contributed by atoms with E-state index >= 15 is 0 Å². The third kappa shape index (κ3) is 3.95. The molecule has 0 bridgehead atoms. The zero-order chi connectivity index (χ0) is 19.5. The third-order valence-electron chi connectivity index (χ3n) is 4.96. The first-order valence-electron chi connectivity index (χ1n) is 9.75. The maximum atomic E-state index is 5.66. The predicted octanol–water partition coefficient (Wildman–Crippen LogP) is 2.33. The van der Waals surface area contributed by atoms with Crippen LogP contribution in [-0.4, -0.2) is 68.6 Å². The summed E-state index contributed by atoms with van der Waals surface area (Å²) >= 11 is 0. The number of fused-ring (bicyclic) bond motifs is 1. The largest absolute Gasteiger partial charge is 0.477 e. The Morgan fingerprint density at radius 2 is 2.25 bits per heavy atom. The van der Waals surface area contributed by atoms with Crippen LogP contribution >= 0.6 is 0 Å². The Kier molecular flexibility index (Phi) is 5.45. The van der Waals surface area contributed by atoms with E-state index in [1.54, 1.807) is 0 Å². The van der Waals surface area contributed by atoms with Gasteiger partial charge in [0.05, 0.1) is 48.8 Å². The van der Waals surface area contributed by atoms with Crippen molar-refractivity contribution in [2.45, 2.75) is 33.4 Å². The number of aromatic amines is 1. The van der Waals surface area contributed by atoms with Crippen molar-refractivity contribution in [3.8, 4) is 5.88 Å². The highest BCUT2D eigenvalue weighted by Gasteiger charge is 2.17. The summed E-state index contributed by atoms with van der Waals surface area (Å²) in [6, 6.07) is 1.92. The van der Waals surface area contributed by atoms with E-state index in [0.717, 1.165) is 55.2 Å². The number of aromatic nitrogens is 5. The molecule has 0 unspecified atom stereocenters. The van der Waals surface area contributed by atoms with Crippen molar-refractivity contribution in [3.63, 3.8) is 0 Å². The number of rotatable bonds is 7. The first-order valence-corrected chi connectivity index (χ1v) is 9.75. The molecule has 9 heteroatoms. The molecule has 0 saturated carbocycles. The molecular weight excluding hydrogens is 358 g/mol. The summed E-state index contributed by atoms with van der Waals surface area (Å²) in [5, 5.41) is 8.68. The Morgan fingerprint density at radius 1 is 1.36 bits per heavy atom. The Bertz CT molecular complexity index is 936. The minimum Gasteiger partial charge on any atom is -0.477 e. The van der Waals surface area contributed by atoms with Crippen LogP contribution in [0.15, 0.2) is 18.5 Å². The molecule has 0 aromatic carbocycles. The molecule has 0 aliphatic carbocycles. The molecule has 4 heterocycles. The van der Waals surface area contributed by atoms with Crippen molar-refractivity contribution < 1.29 is 9.47 Å². The molecule has 28 heavy (non-hydrogen) atoms. The number of hydrogen-bond acceptors (Lipinski definition) is 7. The SMILES string of the molecule is CCOc1nc(Nc2cnn(CCN3CCO[C@@H](C)C3)c2C)nc2[nH]ccc12. The lowest BCUT2D eigenvalue weighted by molar-refractivity contribution is -0.0194. The number of nitrogens with one attached hydrogen (secondary N) is 2. The Labute approximate surface area is 164 Å². The van der Waals surface area contributed by atoms with E-state index in [1.165, 1.54) is 0 Å². The van der Waals surface area contributed by atoms with Gasteiger partial charge in [-0.05, 0) is 26.8 Å². The first-order chi connectivity index (χ1) is 13.6. The van der Waals surface area contributed by atoms with Gasteiger partial charge in [-0.3, -0.25) is 9.58 Å². The summed E-state index contributed by atoms with van der Waals surface area (Å²) in [6.45, 7) is 11.2. The summed E-state index contributed by atoms with van der Waals surface area (Å²) in [7, 11) is 0. The molecule has 1 fully saturated rings. The van der Waals surface area contributed by atoms with E-state index in [1.807, 2.05) is 37.0 Å². The van der Waals surface area contributed by atoms with E-state index in [0.29, 0.717) is 24.5 Å². The summed E-state index contributed by atoms with van der Waals surface area (Å²) in [4.78, 5) is 14.6. The minimum absolute atomic E-state index is 0.296. The molecule has 0 radical (unpaired) electrons. The van der Waals surface area contributed by atoms with Gasteiger partial charge >= 0.3 is 0 Å². The van der Waals surface area contributed by atoms with Crippen LogP contribution in [0, 0.1) is 6.92 Å². The van der Waals surface area contributed by atoms with Gasteiger partial charge in [-0.2, -0.15) is 15.1 Å². The average molecular weight is 385 g/mol. The molecule has 2 N–H and O–H groups in total. The molecule has 3 aromatic heterocycles. The lowest BCUT2D eigenvalue weighted by Crippen LogP contribution is -2.42. The lowest BCUT2D eigenvalue weighted by atomic mass is 10.3. The van der Waals surface area contributed by atoms with Crippen molar-refractivity contribution in [1.82, 2.24) is 29.6 Å². The maximum absolute atomic E-state index is 5.66. The van der Waals surface area contributed by atoms with Gasteiger partial charge in [0.25, 0.3) is 0 Å². The van der Waals surface area contributed by atoms with Crippen LogP contribution in [0.2, 0.25) is 0 Å². The molecule has 1 atom stereocenters. The van der Waals surface area contributed by atoms with E-state index in [-0.39, 0.29) is 0 Å². The minimum atomic E-state index is 0.296. The van der Waals surface area contributed by atoms with Gasteiger partial charge in [-0.25, -0.2) is 0 Å². The number of nitrogens with zero attached hydrogens (tertiary/aromatic N) is 5. The van der Waals surface area contributed by atoms with Crippen LogP contribution in [0.25, 0.3) is 11.0 Å². The van der Waals surface area contributed by atoms with Crippen LogP contribution in [0.5, 0.6) is 5.88 Å². The van der Waals surface area contributed by atoms with Crippen LogP contribution in [0.4, 0.5) is 11.6 Å². The number of anilines is 2. The van der Waals surface area contributed by atoms with Gasteiger partial charge < -0.3 is 19.8 Å². The van der Waals surface area contributed by atoms with Crippen molar-refractivity contribution >= 4 is 22.7 Å². The lowest BCUT2D eigenvalue weighted by Gasteiger charge is -2.31. The van der Waals surface area contributed by atoms with Crippen LogP contribution in [0.3, 0.4) is 0 Å². The Morgan fingerprint density at radius 3 is 3.07 bits per heavy atom. The van der Waals surface area contributed by atoms with Crippen molar-refractivity contribution in [3.05, 3.63) is 24.2 Å². The smallest absolute Gasteiger partial charge is 0.232 e. The van der Waals surface area contributed by atoms with Gasteiger partial charge in [-0.1, -0.05) is 0 Å². The van der Waals surface area contributed by atoms with Gasteiger partial charge in [0.1, 0.15) is 5.65 Å². The fourth-order valence-electron chi connectivity index (χ4n) is 3.46. The van der Waals surface area contributed by atoms with E-state index in [4.69, 9.17) is 9.47 Å². The molecule has 4 rings (SSSR count). The highest BCUT2D eigenvalue weighted by molar-refractivity contribution is 5.82. The molecule has 0 amide bonds. The summed E-state index contributed by atoms with van der Waals surface area (Å²) < 4.78 is 13.3. The van der Waals surface area contributed by atoms with Crippen LogP contribution < -0.4 is 10.1 Å². The third-order valence-corrected chi connectivity index (χ3v) is 4.96. The number of hydrogen-bond donors (Lipinski definition) is 2. The van der Waals surface area contributed by atoms with E-state index in [2.05, 4.69) is 37.2 Å². The highest BCUT2D eigenvalue weighted by Crippen LogP contribution is 2.25. The fraction of sp³-hybridized carbons (Fsp3) is 0.526. The summed E-state index contributed by atoms with van der Waals surface area (Å²) in [5.74, 6) is 1.06. The predicted molar refractivity (Wildman–Crippen MR) is 107 cm³/mol. The second-order valence-corrected chi connectivity index (χ2v) is 7.00. The molecule has 1 aliphatic heterocycles. The highest BCUT2D eigenvalue weighted by atomic mass is 16.5. The summed E-state index contributed by atoms with van der Waals surface area (Å²) in [5.41, 5.74) is 2.69. The molecule has 1 aliphatic rings. The van der Waals surface area contributed by atoms with Crippen molar-refractivity contribution in [2.24, 2.45) is 0 Å². The van der Waals surface area contributed by atoms with Crippen molar-refractivity contribution in [2.75, 3.05) is 38.2 Å². The fourth-order valence-corrected chi connectivity index (χ4v) is 3.46. The van der Waals surface area contributed by atoms with Crippen LogP contribution in [-0.2, 0) is 11.3 Å². The standard InChI is InChI=1S/C19H27N7O2/c1-4-27-18-15-5-6-20-17(15)23-19(24-18)22-16-11-21-26(14(16)3)8-7-25-9-10-28-13(2)12-25/h5-6,11,13H,4,7-10,12H2,1-3H3,(H2,20,22,23,24)/t13-/m0/s1. The molecule has 3 aromatic rings. The second-order valence-electron chi connectivity index (χ2n) is 7.00. The quantitative estimate of drug-likeness (QED) is 0.645. The molecule has 9 nitrogen and oxygen atoms in total. The summed E-state index contributed by atoms with van der Waals surface area (Å²) in [6.07, 6.45) is 3.95. The monoisotopic (exact) mass is 385 g/mol. The molecule has 1 saturated heterocycles. The van der Waals surface area contributed by atoms with Gasteiger partial charge in [0.2, 0.25) is 11.8 Å². The number of morpholine rings is 1. The van der Waals surface area contributed by atoms with E-state index < -0.39 is 0 Å². The first kappa shape index (κ1) is 18.7. The molecule has 150 valence electrons. The zero-order valence-electron chi connectivity index (χ0n) is 16.6. The van der Waals surface area contributed by atoms with Gasteiger partial charge in [0.15, 0.2) is 0 Å². The Balaban J connectivity index is 1.46. The number of H-pyrrole nitrogens is 1.